The van der Waals surface area contributed by atoms with Crippen molar-refractivity contribution in [2.24, 2.45) is 0 Å². The predicted octanol–water partition coefficient (Wildman–Crippen LogP) is 2.92. The van der Waals surface area contributed by atoms with Gasteiger partial charge < -0.3 is 14.0 Å². The van der Waals surface area contributed by atoms with Crippen molar-refractivity contribution in [1.82, 2.24) is 8.87 Å². The van der Waals surface area contributed by atoms with Gasteiger partial charge in [0.2, 0.25) is 10.0 Å². The highest BCUT2D eigenvalue weighted by Crippen LogP contribution is 2.23. The molecule has 0 bridgehead atoms. The van der Waals surface area contributed by atoms with Crippen molar-refractivity contribution >= 4 is 27.3 Å². The molecule has 1 fully saturated rings. The Balaban J connectivity index is 1.47. The van der Waals surface area contributed by atoms with Gasteiger partial charge in [-0.15, -0.1) is 11.3 Å². The van der Waals surface area contributed by atoms with Gasteiger partial charge in [-0.1, -0.05) is 12.1 Å². The van der Waals surface area contributed by atoms with Gasteiger partial charge in [0, 0.05) is 25.5 Å². The second-order valence-electron chi connectivity index (χ2n) is 6.47. The zero-order valence-electron chi connectivity index (χ0n) is 15.6. The van der Waals surface area contributed by atoms with Gasteiger partial charge in [0.15, 0.2) is 0 Å². The summed E-state index contributed by atoms with van der Waals surface area (Å²) in [4.78, 5) is 13.2. The van der Waals surface area contributed by atoms with Crippen molar-refractivity contribution in [1.29, 1.82) is 0 Å². The van der Waals surface area contributed by atoms with Gasteiger partial charge in [-0.25, -0.2) is 13.2 Å². The van der Waals surface area contributed by atoms with Crippen molar-refractivity contribution in [3.05, 3.63) is 70.7 Å². The quantitative estimate of drug-likeness (QED) is 0.560. The largest absolute Gasteiger partial charge is 0.457 e. The lowest BCUT2D eigenvalue weighted by atomic mass is 10.2. The highest BCUT2D eigenvalue weighted by Gasteiger charge is 2.26. The van der Waals surface area contributed by atoms with Crippen LogP contribution in [0.4, 0.5) is 0 Å². The molecule has 7 nitrogen and oxygen atoms in total. The Morgan fingerprint density at radius 1 is 1.10 bits per heavy atom. The third-order valence-electron chi connectivity index (χ3n) is 4.59. The lowest BCUT2D eigenvalue weighted by Gasteiger charge is -2.26. The van der Waals surface area contributed by atoms with Crippen LogP contribution in [0.5, 0.6) is 0 Å². The van der Waals surface area contributed by atoms with E-state index in [0.717, 1.165) is 5.69 Å². The second-order valence-corrected chi connectivity index (χ2v) is 9.32. The first-order valence-corrected chi connectivity index (χ1v) is 11.4. The van der Waals surface area contributed by atoms with Gasteiger partial charge in [-0.3, -0.25) is 0 Å². The van der Waals surface area contributed by atoms with Crippen LogP contribution in [-0.2, 0) is 26.1 Å². The Morgan fingerprint density at radius 2 is 1.86 bits per heavy atom. The van der Waals surface area contributed by atoms with E-state index in [4.69, 9.17) is 9.47 Å². The van der Waals surface area contributed by atoms with E-state index in [1.807, 2.05) is 40.5 Å². The minimum Gasteiger partial charge on any atom is -0.457 e. The number of thiophene rings is 1. The minimum absolute atomic E-state index is 0.00563. The summed E-state index contributed by atoms with van der Waals surface area (Å²) in [6.07, 6.45) is 3.72. The number of sulfonamides is 1. The van der Waals surface area contributed by atoms with Crippen LogP contribution in [0.15, 0.2) is 65.1 Å². The number of aromatic nitrogens is 1. The van der Waals surface area contributed by atoms with Gasteiger partial charge in [0.05, 0.1) is 23.8 Å². The van der Waals surface area contributed by atoms with Crippen LogP contribution in [0.25, 0.3) is 5.69 Å². The van der Waals surface area contributed by atoms with E-state index in [2.05, 4.69) is 0 Å². The fourth-order valence-corrected chi connectivity index (χ4v) is 5.36. The van der Waals surface area contributed by atoms with Crippen LogP contribution in [0.1, 0.15) is 15.2 Å². The summed E-state index contributed by atoms with van der Waals surface area (Å²) in [6, 6.07) is 12.1. The van der Waals surface area contributed by atoms with Crippen LogP contribution < -0.4 is 0 Å². The topological polar surface area (TPSA) is 77.8 Å². The third kappa shape index (κ3) is 4.27. The summed E-state index contributed by atoms with van der Waals surface area (Å²) >= 11 is 1.31. The number of hydrogen-bond donors (Lipinski definition) is 0. The molecule has 1 aromatic carbocycles. The Kier molecular flexibility index (Phi) is 5.81. The lowest BCUT2D eigenvalue weighted by molar-refractivity contribution is 0.0478. The molecule has 1 aliphatic heterocycles. The van der Waals surface area contributed by atoms with Gasteiger partial charge in [-0.2, -0.15) is 4.31 Å². The highest BCUT2D eigenvalue weighted by molar-refractivity contribution is 7.89. The Bertz CT molecular complexity index is 1080. The molecule has 0 N–H and O–H groups in total. The number of ether oxygens (including phenoxy) is 2. The summed E-state index contributed by atoms with van der Waals surface area (Å²) in [5, 5.41) is 1.83. The average molecular weight is 433 g/mol. The van der Waals surface area contributed by atoms with Gasteiger partial charge in [-0.05, 0) is 41.3 Å². The van der Waals surface area contributed by atoms with E-state index >= 15 is 0 Å². The van der Waals surface area contributed by atoms with Crippen molar-refractivity contribution in [3.63, 3.8) is 0 Å². The van der Waals surface area contributed by atoms with Crippen molar-refractivity contribution in [3.8, 4) is 5.69 Å². The molecule has 0 atom stereocenters. The smallest absolute Gasteiger partial charge is 0.350 e. The molecular weight excluding hydrogens is 412 g/mol. The first-order valence-electron chi connectivity index (χ1n) is 9.10. The first-order chi connectivity index (χ1) is 14.1. The molecule has 1 aliphatic rings. The first kappa shape index (κ1) is 19.8. The molecule has 0 aliphatic carbocycles. The Hall–Kier alpha value is -2.46. The number of hydrogen-bond acceptors (Lipinski definition) is 6. The number of morpholine rings is 1. The van der Waals surface area contributed by atoms with Crippen LogP contribution in [0.2, 0.25) is 0 Å². The average Bonchev–Trinajstić information content (AvgIpc) is 3.44. The summed E-state index contributed by atoms with van der Waals surface area (Å²) in [6.45, 7) is 1.45. The minimum atomic E-state index is -3.59. The molecule has 3 heterocycles. The fourth-order valence-electron chi connectivity index (χ4n) is 3.10. The molecule has 0 spiro atoms. The second kappa shape index (κ2) is 8.50. The van der Waals surface area contributed by atoms with Crippen LogP contribution in [-0.4, -0.2) is 49.6 Å². The molecule has 9 heteroatoms. The standard InChI is InChI=1S/C20H20N2O5S2/c23-20(19-18(6-13-28-19)21-7-1-2-8-21)27-15-16-4-3-5-17(14-16)29(24,25)22-9-11-26-12-10-22/h1-8,13-14H,9-12,15H2. The number of carbonyl (C=O) groups is 1. The summed E-state index contributed by atoms with van der Waals surface area (Å²) in [5.74, 6) is -0.440. The van der Waals surface area contributed by atoms with Crippen molar-refractivity contribution in [2.75, 3.05) is 26.3 Å². The fraction of sp³-hybridized carbons (Fsp3) is 0.250. The van der Waals surface area contributed by atoms with Gasteiger partial charge >= 0.3 is 5.97 Å². The van der Waals surface area contributed by atoms with Crippen LogP contribution in [0, 0.1) is 0 Å². The van der Waals surface area contributed by atoms with Crippen LogP contribution >= 0.6 is 11.3 Å². The van der Waals surface area contributed by atoms with E-state index in [1.54, 1.807) is 24.3 Å². The van der Waals surface area contributed by atoms with Crippen LogP contribution in [0.3, 0.4) is 0 Å². The molecule has 3 aromatic rings. The predicted molar refractivity (Wildman–Crippen MR) is 109 cm³/mol. The molecule has 0 unspecified atom stereocenters. The number of benzene rings is 1. The molecule has 0 radical (unpaired) electrons. The molecule has 2 aromatic heterocycles. The molecule has 0 saturated carbocycles. The lowest BCUT2D eigenvalue weighted by Crippen LogP contribution is -2.40. The summed E-state index contributed by atoms with van der Waals surface area (Å²) in [7, 11) is -3.59. The monoisotopic (exact) mass is 432 g/mol. The number of esters is 1. The highest BCUT2D eigenvalue weighted by atomic mass is 32.2. The van der Waals surface area contributed by atoms with Gasteiger partial charge in [0.1, 0.15) is 11.5 Å². The van der Waals surface area contributed by atoms with Crippen molar-refractivity contribution < 1.29 is 22.7 Å². The number of rotatable bonds is 6. The van der Waals surface area contributed by atoms with Crippen molar-refractivity contribution in [2.45, 2.75) is 11.5 Å². The van der Waals surface area contributed by atoms with E-state index in [0.29, 0.717) is 36.7 Å². The zero-order valence-corrected chi connectivity index (χ0v) is 17.2. The normalized spacial score (nSPS) is 15.3. The summed E-state index contributed by atoms with van der Waals surface area (Å²) < 4.78 is 39.5. The zero-order chi connectivity index (χ0) is 20.3. The van der Waals surface area contributed by atoms with Gasteiger partial charge in [0.25, 0.3) is 0 Å². The molecule has 29 heavy (non-hydrogen) atoms. The van der Waals surface area contributed by atoms with E-state index < -0.39 is 16.0 Å². The van der Waals surface area contributed by atoms with E-state index in [9.17, 15) is 13.2 Å². The maximum absolute atomic E-state index is 12.8. The number of carbonyl (C=O) groups excluding carboxylic acids is 1. The maximum Gasteiger partial charge on any atom is 0.350 e. The maximum atomic E-state index is 12.8. The van der Waals surface area contributed by atoms with E-state index in [-0.39, 0.29) is 11.5 Å². The Morgan fingerprint density at radius 3 is 2.62 bits per heavy atom. The molecule has 1 saturated heterocycles. The molecule has 4 rings (SSSR count). The third-order valence-corrected chi connectivity index (χ3v) is 7.37. The summed E-state index contributed by atoms with van der Waals surface area (Å²) in [5.41, 5.74) is 1.38. The Labute approximate surface area is 173 Å². The molecular formula is C20H20N2O5S2. The SMILES string of the molecule is O=C(OCc1cccc(S(=O)(=O)N2CCOCC2)c1)c1sccc1-n1cccc1. The molecule has 0 amide bonds. The molecule has 152 valence electrons. The number of nitrogens with zero attached hydrogens (tertiary/aromatic N) is 2. The van der Waals surface area contributed by atoms with E-state index in [1.165, 1.54) is 15.6 Å².